The molecule has 0 spiro atoms. The maximum absolute atomic E-state index is 6.85. The van der Waals surface area contributed by atoms with Gasteiger partial charge < -0.3 is 9.16 Å². The van der Waals surface area contributed by atoms with Gasteiger partial charge in [0.2, 0.25) is 0 Å². The summed E-state index contributed by atoms with van der Waals surface area (Å²) in [6, 6.07) is 21.9. The van der Waals surface area contributed by atoms with E-state index < -0.39 is 8.32 Å². The molecule has 0 radical (unpaired) electrons. The topological polar surface area (TPSA) is 34.1 Å². The van der Waals surface area contributed by atoms with Crippen molar-refractivity contribution in [1.82, 2.24) is 5.01 Å². The zero-order chi connectivity index (χ0) is 20.7. The van der Waals surface area contributed by atoms with Gasteiger partial charge in [0, 0.05) is 19.9 Å². The Morgan fingerprint density at radius 2 is 1.62 bits per heavy atom. The van der Waals surface area contributed by atoms with E-state index in [0.29, 0.717) is 12.6 Å². The summed E-state index contributed by atoms with van der Waals surface area (Å²) in [5, 5.41) is 9.45. The van der Waals surface area contributed by atoms with Crippen molar-refractivity contribution < 1.29 is 9.16 Å². The molecule has 0 amide bonds. The lowest BCUT2D eigenvalue weighted by Crippen LogP contribution is -2.66. The van der Waals surface area contributed by atoms with Gasteiger partial charge in [0.1, 0.15) is 0 Å². The highest BCUT2D eigenvalue weighted by molar-refractivity contribution is 6.99. The van der Waals surface area contributed by atoms with Crippen LogP contribution in [0.5, 0.6) is 0 Å². The highest BCUT2D eigenvalue weighted by Gasteiger charge is 2.49. The Hall–Kier alpha value is -1.95. The first-order chi connectivity index (χ1) is 14.0. The summed E-state index contributed by atoms with van der Waals surface area (Å²) >= 11 is 0. The second-order valence-electron chi connectivity index (χ2n) is 8.69. The van der Waals surface area contributed by atoms with E-state index in [2.05, 4.69) is 86.4 Å². The molecule has 0 saturated carbocycles. The van der Waals surface area contributed by atoms with E-state index in [1.165, 1.54) is 16.8 Å². The number of methoxy groups -OCH3 is 1. The van der Waals surface area contributed by atoms with Crippen LogP contribution in [0, 0.1) is 0 Å². The van der Waals surface area contributed by atoms with Crippen LogP contribution in [0.1, 0.15) is 33.6 Å². The smallest absolute Gasteiger partial charge is 0.261 e. The van der Waals surface area contributed by atoms with Crippen molar-refractivity contribution in [3.8, 4) is 0 Å². The molecular formula is C24H34N2O2Si. The molecule has 0 N–H and O–H groups in total. The zero-order valence-electron chi connectivity index (χ0n) is 18.2. The summed E-state index contributed by atoms with van der Waals surface area (Å²) in [7, 11) is -0.736. The number of ether oxygens (including phenoxy) is 1. The van der Waals surface area contributed by atoms with Crippen LogP contribution in [0.3, 0.4) is 0 Å². The molecule has 1 heterocycles. The van der Waals surface area contributed by atoms with Gasteiger partial charge in [-0.2, -0.15) is 5.10 Å². The number of benzene rings is 2. The van der Waals surface area contributed by atoms with Crippen LogP contribution in [-0.4, -0.2) is 52.5 Å². The van der Waals surface area contributed by atoms with Crippen LogP contribution in [0.2, 0.25) is 5.04 Å². The molecule has 1 aliphatic heterocycles. The highest BCUT2D eigenvalue weighted by atomic mass is 28.4. The van der Waals surface area contributed by atoms with Crippen molar-refractivity contribution in [3.05, 3.63) is 60.7 Å². The molecule has 1 saturated heterocycles. The molecule has 4 nitrogen and oxygen atoms in total. The van der Waals surface area contributed by atoms with Crippen LogP contribution in [0.4, 0.5) is 0 Å². The molecule has 0 aromatic heterocycles. The summed E-state index contributed by atoms with van der Waals surface area (Å²) in [4.78, 5) is 0. The van der Waals surface area contributed by atoms with E-state index in [0.717, 1.165) is 19.6 Å². The fraction of sp³-hybridized carbons (Fsp3) is 0.458. The number of hydrogen-bond donors (Lipinski definition) is 0. The van der Waals surface area contributed by atoms with Crippen molar-refractivity contribution in [3.63, 3.8) is 0 Å². The Morgan fingerprint density at radius 3 is 2.14 bits per heavy atom. The summed E-state index contributed by atoms with van der Waals surface area (Å²) in [6.07, 6.45) is 4.25. The molecule has 0 bridgehead atoms. The lowest BCUT2D eigenvalue weighted by molar-refractivity contribution is 0.118. The molecule has 2 aromatic rings. The summed E-state index contributed by atoms with van der Waals surface area (Å²) in [5.74, 6) is 0. The standard InChI is InChI=1S/C24H34N2O2Si/c1-24(2,3)29(22-13-7-5-8-14-22,23-15-9-6-10-16-23)28-19-17-25-26-18-11-12-21(26)20-27-4/h5-10,13-17,21H,11-12,18-20H2,1-4H3/b25-17+/t21-/m0/s1. The van der Waals surface area contributed by atoms with Gasteiger partial charge in [-0.25, -0.2) is 0 Å². The maximum atomic E-state index is 6.85. The number of rotatable bonds is 8. The number of nitrogens with zero attached hydrogens (tertiary/aromatic N) is 2. The minimum Gasteiger partial charge on any atom is -0.402 e. The summed E-state index contributed by atoms with van der Waals surface area (Å²) in [5.41, 5.74) is 0. The molecule has 1 fully saturated rings. The fourth-order valence-electron chi connectivity index (χ4n) is 4.40. The number of hydrazone groups is 1. The van der Waals surface area contributed by atoms with Crippen molar-refractivity contribution in [2.75, 3.05) is 26.9 Å². The van der Waals surface area contributed by atoms with Gasteiger partial charge in [-0.05, 0) is 28.3 Å². The third-order valence-corrected chi connectivity index (χ3v) is 10.7. The largest absolute Gasteiger partial charge is 0.402 e. The van der Waals surface area contributed by atoms with Crippen molar-refractivity contribution in [2.45, 2.75) is 44.7 Å². The molecule has 3 rings (SSSR count). The van der Waals surface area contributed by atoms with E-state index in [4.69, 9.17) is 14.3 Å². The second-order valence-corrected chi connectivity index (χ2v) is 13.0. The molecule has 156 valence electrons. The van der Waals surface area contributed by atoms with E-state index >= 15 is 0 Å². The van der Waals surface area contributed by atoms with Gasteiger partial charge in [0.25, 0.3) is 8.32 Å². The van der Waals surface area contributed by atoms with Gasteiger partial charge in [-0.3, -0.25) is 5.01 Å². The van der Waals surface area contributed by atoms with Crippen LogP contribution < -0.4 is 10.4 Å². The quantitative estimate of drug-likeness (QED) is 0.492. The monoisotopic (exact) mass is 410 g/mol. The highest BCUT2D eigenvalue weighted by Crippen LogP contribution is 2.36. The number of hydrogen-bond acceptors (Lipinski definition) is 4. The summed E-state index contributed by atoms with van der Waals surface area (Å²) < 4.78 is 12.2. The van der Waals surface area contributed by atoms with Crippen LogP contribution in [0.15, 0.2) is 65.8 Å². The van der Waals surface area contributed by atoms with E-state index in [9.17, 15) is 0 Å². The first-order valence-corrected chi connectivity index (χ1v) is 12.4. The van der Waals surface area contributed by atoms with Gasteiger partial charge in [-0.1, -0.05) is 81.4 Å². The predicted molar refractivity (Wildman–Crippen MR) is 124 cm³/mol. The molecule has 1 atom stereocenters. The van der Waals surface area contributed by atoms with Crippen molar-refractivity contribution >= 4 is 24.9 Å². The minimum atomic E-state index is -2.49. The van der Waals surface area contributed by atoms with Crippen LogP contribution in [-0.2, 0) is 9.16 Å². The Bertz CT molecular complexity index is 735. The lowest BCUT2D eigenvalue weighted by atomic mass is 10.2. The van der Waals surface area contributed by atoms with Gasteiger partial charge in [0.05, 0.1) is 19.3 Å². The fourth-order valence-corrected chi connectivity index (χ4v) is 8.88. The predicted octanol–water partition coefficient (Wildman–Crippen LogP) is 3.66. The Morgan fingerprint density at radius 1 is 1.03 bits per heavy atom. The zero-order valence-corrected chi connectivity index (χ0v) is 19.2. The van der Waals surface area contributed by atoms with Crippen LogP contribution in [0.25, 0.3) is 0 Å². The molecule has 0 unspecified atom stereocenters. The van der Waals surface area contributed by atoms with Gasteiger partial charge in [-0.15, -0.1) is 0 Å². The summed E-state index contributed by atoms with van der Waals surface area (Å²) in [6.45, 7) is 9.11. The molecule has 0 aliphatic carbocycles. The molecule has 29 heavy (non-hydrogen) atoms. The van der Waals surface area contributed by atoms with E-state index in [1.54, 1.807) is 7.11 Å². The van der Waals surface area contributed by atoms with E-state index in [-0.39, 0.29) is 5.04 Å². The van der Waals surface area contributed by atoms with Gasteiger partial charge in [0.15, 0.2) is 0 Å². The average Bonchev–Trinajstić information content (AvgIpc) is 3.16. The minimum absolute atomic E-state index is 0.0181. The maximum Gasteiger partial charge on any atom is 0.261 e. The van der Waals surface area contributed by atoms with E-state index in [1.807, 2.05) is 6.21 Å². The first-order valence-electron chi connectivity index (χ1n) is 10.5. The van der Waals surface area contributed by atoms with Crippen LogP contribution >= 0.6 is 0 Å². The third kappa shape index (κ3) is 4.79. The Kier molecular flexibility index (Phi) is 7.27. The first kappa shape index (κ1) is 21.7. The SMILES string of the molecule is COC[C@@H]1CCCN1/N=C/CO[Si](c1ccccc1)(c1ccccc1)C(C)(C)C. The second kappa shape index (κ2) is 9.70. The average molecular weight is 411 g/mol. The molecule has 1 aliphatic rings. The third-order valence-electron chi connectivity index (χ3n) is 5.73. The Balaban J connectivity index is 1.87. The van der Waals surface area contributed by atoms with Crippen molar-refractivity contribution in [1.29, 1.82) is 0 Å². The molecule has 2 aromatic carbocycles. The molecular weight excluding hydrogens is 376 g/mol. The van der Waals surface area contributed by atoms with Gasteiger partial charge >= 0.3 is 0 Å². The van der Waals surface area contributed by atoms with Crippen molar-refractivity contribution in [2.24, 2.45) is 5.10 Å². The lowest BCUT2D eigenvalue weighted by Gasteiger charge is -2.42. The molecule has 5 heteroatoms. The Labute approximate surface area is 176 Å². The normalized spacial score (nSPS) is 17.9.